The standard InChI is InChI=1S/C26H25N3O2S/c30-25(23-12-6-14-29(23)26(31)24-13-7-15-32-24)28-16-20(18-8-2-1-3-9-18)21-17-27-22-11-5-4-10-19(21)22/h1-5,7-11,13,15,17,20,23,27H,6,12,14,16H2,(H,28,30). The molecule has 5 rings (SSSR count). The molecule has 162 valence electrons. The van der Waals surface area contributed by atoms with E-state index in [0.29, 0.717) is 24.4 Å². The zero-order valence-corrected chi connectivity index (χ0v) is 18.5. The Kier molecular flexibility index (Phi) is 5.77. The molecule has 2 atom stereocenters. The van der Waals surface area contributed by atoms with Gasteiger partial charge in [0.25, 0.3) is 5.91 Å². The van der Waals surface area contributed by atoms with E-state index < -0.39 is 6.04 Å². The van der Waals surface area contributed by atoms with Crippen LogP contribution in [0.15, 0.2) is 78.3 Å². The maximum atomic E-state index is 13.2. The second kappa shape index (κ2) is 9.01. The summed E-state index contributed by atoms with van der Waals surface area (Å²) in [4.78, 5) is 31.8. The van der Waals surface area contributed by atoms with E-state index in [4.69, 9.17) is 0 Å². The number of hydrogen-bond donors (Lipinski definition) is 2. The number of thiophene rings is 1. The van der Waals surface area contributed by atoms with Crippen LogP contribution in [0, 0.1) is 0 Å². The number of para-hydroxylation sites is 1. The van der Waals surface area contributed by atoms with Crippen molar-refractivity contribution >= 4 is 34.1 Å². The molecule has 0 bridgehead atoms. The summed E-state index contributed by atoms with van der Waals surface area (Å²) in [6, 6.07) is 21.7. The van der Waals surface area contributed by atoms with Crippen molar-refractivity contribution in [3.05, 3.63) is 94.3 Å². The Labute approximate surface area is 191 Å². The lowest BCUT2D eigenvalue weighted by Crippen LogP contribution is -2.46. The third-order valence-electron chi connectivity index (χ3n) is 6.23. The fourth-order valence-corrected chi connectivity index (χ4v) is 5.30. The number of rotatable bonds is 6. The highest BCUT2D eigenvalue weighted by molar-refractivity contribution is 7.12. The average molecular weight is 444 g/mol. The van der Waals surface area contributed by atoms with Crippen molar-refractivity contribution in [1.29, 1.82) is 0 Å². The molecule has 0 radical (unpaired) electrons. The Morgan fingerprint density at radius 1 is 1.06 bits per heavy atom. The molecule has 1 fully saturated rings. The van der Waals surface area contributed by atoms with Gasteiger partial charge in [-0.25, -0.2) is 0 Å². The van der Waals surface area contributed by atoms with Crippen LogP contribution in [0.2, 0.25) is 0 Å². The number of fused-ring (bicyclic) bond motifs is 1. The minimum absolute atomic E-state index is 0.0131. The lowest BCUT2D eigenvalue weighted by Gasteiger charge is -2.25. The molecule has 2 unspecified atom stereocenters. The van der Waals surface area contributed by atoms with Gasteiger partial charge in [0.15, 0.2) is 0 Å². The number of carbonyl (C=O) groups excluding carboxylic acids is 2. The molecule has 1 aliphatic heterocycles. The van der Waals surface area contributed by atoms with Crippen molar-refractivity contribution in [2.45, 2.75) is 24.8 Å². The van der Waals surface area contributed by atoms with E-state index >= 15 is 0 Å². The maximum Gasteiger partial charge on any atom is 0.264 e. The number of carbonyl (C=O) groups is 2. The summed E-state index contributed by atoms with van der Waals surface area (Å²) >= 11 is 1.42. The normalized spacial score (nSPS) is 16.9. The Hall–Kier alpha value is -3.38. The molecule has 0 aliphatic carbocycles. The van der Waals surface area contributed by atoms with E-state index in [1.54, 1.807) is 4.90 Å². The fraction of sp³-hybridized carbons (Fsp3) is 0.231. The van der Waals surface area contributed by atoms with Crippen LogP contribution in [0.25, 0.3) is 10.9 Å². The minimum atomic E-state index is -0.413. The summed E-state index contributed by atoms with van der Waals surface area (Å²) in [6.45, 7) is 1.10. The number of nitrogens with zero attached hydrogens (tertiary/aromatic N) is 1. The smallest absolute Gasteiger partial charge is 0.264 e. The summed E-state index contributed by atoms with van der Waals surface area (Å²) in [6.07, 6.45) is 3.59. The first kappa shape index (κ1) is 20.5. The van der Waals surface area contributed by atoms with E-state index in [1.165, 1.54) is 11.3 Å². The van der Waals surface area contributed by atoms with E-state index in [0.717, 1.165) is 28.5 Å². The quantitative estimate of drug-likeness (QED) is 0.450. The van der Waals surface area contributed by atoms with Gasteiger partial charge in [-0.3, -0.25) is 9.59 Å². The van der Waals surface area contributed by atoms with Gasteiger partial charge in [0.05, 0.1) is 4.88 Å². The van der Waals surface area contributed by atoms with Crippen molar-refractivity contribution in [1.82, 2.24) is 15.2 Å². The molecule has 3 heterocycles. The number of amides is 2. The van der Waals surface area contributed by atoms with E-state index in [2.05, 4.69) is 34.6 Å². The van der Waals surface area contributed by atoms with Crippen molar-refractivity contribution < 1.29 is 9.59 Å². The molecule has 0 spiro atoms. The molecular formula is C26H25N3O2S. The van der Waals surface area contributed by atoms with Crippen LogP contribution in [0.4, 0.5) is 0 Å². The molecule has 32 heavy (non-hydrogen) atoms. The van der Waals surface area contributed by atoms with Gasteiger partial charge in [-0.1, -0.05) is 54.6 Å². The molecular weight excluding hydrogens is 418 g/mol. The number of nitrogens with one attached hydrogen (secondary N) is 2. The van der Waals surface area contributed by atoms with Crippen molar-refractivity contribution in [3.63, 3.8) is 0 Å². The highest BCUT2D eigenvalue weighted by atomic mass is 32.1. The van der Waals surface area contributed by atoms with Crippen LogP contribution in [0.5, 0.6) is 0 Å². The van der Waals surface area contributed by atoms with Crippen LogP contribution in [-0.4, -0.2) is 40.8 Å². The van der Waals surface area contributed by atoms with Crippen molar-refractivity contribution in [3.8, 4) is 0 Å². The van der Waals surface area contributed by atoms with Gasteiger partial charge in [-0.05, 0) is 41.5 Å². The molecule has 2 N–H and O–H groups in total. The third-order valence-corrected chi connectivity index (χ3v) is 7.09. The topological polar surface area (TPSA) is 65.2 Å². The SMILES string of the molecule is O=C(NCC(c1ccccc1)c1c[nH]c2ccccc12)C1CCCN1C(=O)c1cccs1. The third kappa shape index (κ3) is 3.94. The zero-order chi connectivity index (χ0) is 21.9. The van der Waals surface area contributed by atoms with Crippen molar-refractivity contribution in [2.24, 2.45) is 0 Å². The average Bonchev–Trinajstić information content (AvgIpc) is 3.60. The largest absolute Gasteiger partial charge is 0.361 e. The highest BCUT2D eigenvalue weighted by Gasteiger charge is 2.35. The van der Waals surface area contributed by atoms with Gasteiger partial charge in [0.1, 0.15) is 6.04 Å². The number of aromatic amines is 1. The van der Waals surface area contributed by atoms with Crippen LogP contribution in [0.1, 0.15) is 39.6 Å². The Balaban J connectivity index is 1.36. The van der Waals surface area contributed by atoms with Crippen LogP contribution in [0.3, 0.4) is 0 Å². The van der Waals surface area contributed by atoms with Gasteiger partial charge in [-0.15, -0.1) is 11.3 Å². The van der Waals surface area contributed by atoms with Gasteiger partial charge < -0.3 is 15.2 Å². The molecule has 1 aliphatic rings. The molecule has 1 saturated heterocycles. The van der Waals surface area contributed by atoms with Crippen LogP contribution in [-0.2, 0) is 4.79 Å². The van der Waals surface area contributed by atoms with E-state index in [9.17, 15) is 9.59 Å². The molecule has 0 saturated carbocycles. The molecule has 6 heteroatoms. The number of likely N-dealkylation sites (tertiary alicyclic amines) is 1. The van der Waals surface area contributed by atoms with Gasteiger partial charge in [0, 0.05) is 36.1 Å². The van der Waals surface area contributed by atoms with Gasteiger partial charge >= 0.3 is 0 Å². The summed E-state index contributed by atoms with van der Waals surface area (Å²) in [7, 11) is 0. The number of H-pyrrole nitrogens is 1. The van der Waals surface area contributed by atoms with Crippen molar-refractivity contribution in [2.75, 3.05) is 13.1 Å². The second-order valence-electron chi connectivity index (χ2n) is 8.13. The summed E-state index contributed by atoms with van der Waals surface area (Å²) in [5.74, 6) is -0.110. The first-order valence-corrected chi connectivity index (χ1v) is 11.8. The predicted molar refractivity (Wildman–Crippen MR) is 128 cm³/mol. The molecule has 2 aromatic heterocycles. The summed E-state index contributed by atoms with van der Waals surface area (Å²) in [5, 5.41) is 6.21. The predicted octanol–water partition coefficient (Wildman–Crippen LogP) is 4.78. The lowest BCUT2D eigenvalue weighted by atomic mass is 9.91. The summed E-state index contributed by atoms with van der Waals surface area (Å²) < 4.78 is 0. The fourth-order valence-electron chi connectivity index (χ4n) is 4.62. The number of hydrogen-bond acceptors (Lipinski definition) is 3. The maximum absolute atomic E-state index is 13.2. The first-order chi connectivity index (χ1) is 15.7. The minimum Gasteiger partial charge on any atom is -0.361 e. The summed E-state index contributed by atoms with van der Waals surface area (Å²) in [5.41, 5.74) is 3.39. The molecule has 2 amide bonds. The van der Waals surface area contributed by atoms with Gasteiger partial charge in [-0.2, -0.15) is 0 Å². The molecule has 2 aromatic carbocycles. The highest BCUT2D eigenvalue weighted by Crippen LogP contribution is 2.31. The Morgan fingerprint density at radius 2 is 1.88 bits per heavy atom. The molecule has 4 aromatic rings. The second-order valence-corrected chi connectivity index (χ2v) is 9.08. The van der Waals surface area contributed by atoms with Gasteiger partial charge in [0.2, 0.25) is 5.91 Å². The van der Waals surface area contributed by atoms with E-state index in [1.807, 2.05) is 54.0 Å². The monoisotopic (exact) mass is 443 g/mol. The van der Waals surface area contributed by atoms with E-state index in [-0.39, 0.29) is 17.7 Å². The lowest BCUT2D eigenvalue weighted by molar-refractivity contribution is -0.124. The Morgan fingerprint density at radius 3 is 2.69 bits per heavy atom. The van der Waals surface area contributed by atoms with Crippen LogP contribution < -0.4 is 5.32 Å². The van der Waals surface area contributed by atoms with Crippen LogP contribution >= 0.6 is 11.3 Å². The zero-order valence-electron chi connectivity index (χ0n) is 17.7. The number of aromatic nitrogens is 1. The number of benzene rings is 2. The first-order valence-electron chi connectivity index (χ1n) is 11.0. The Bertz CT molecular complexity index is 1220. The molecule has 5 nitrogen and oxygen atoms in total.